The Morgan fingerprint density at radius 2 is 0.888 bits per heavy atom. The summed E-state index contributed by atoms with van der Waals surface area (Å²) in [4.78, 5) is 4.07. The molecule has 98 heavy (non-hydrogen) atoms. The van der Waals surface area contributed by atoms with E-state index >= 15 is 0 Å². The Balaban J connectivity index is 0.965. The smallest absolute Gasteiger partial charge is 0.249 e. The molecule has 0 saturated heterocycles. The van der Waals surface area contributed by atoms with Crippen LogP contribution in [0.3, 0.4) is 0 Å². The topological polar surface area (TPSA) is 26.2 Å². The number of rotatable bonds is 8. The Morgan fingerprint density at radius 3 is 1.53 bits per heavy atom. The first-order valence-electron chi connectivity index (χ1n) is 40.1. The van der Waals surface area contributed by atoms with Gasteiger partial charge in [0, 0.05) is 76.0 Å². The van der Waals surface area contributed by atoms with E-state index in [9.17, 15) is 16.4 Å². The van der Waals surface area contributed by atoms with Gasteiger partial charge < -0.3 is 18.5 Å². The van der Waals surface area contributed by atoms with Crippen molar-refractivity contribution >= 4 is 117 Å². The number of nitrogens with zero attached hydrogens (tertiary/aromatic N) is 3. The first-order chi connectivity index (χ1) is 53.7. The number of anilines is 3. The third-order valence-corrected chi connectivity index (χ3v) is 20.9. The number of fused-ring (bicyclic) bond motifs is 13. The molecule has 2 aliphatic rings. The van der Waals surface area contributed by atoms with E-state index in [2.05, 4.69) is 125 Å². The zero-order chi connectivity index (χ0) is 77.9. The van der Waals surface area contributed by atoms with Crippen LogP contribution < -0.4 is 21.3 Å². The number of para-hydroxylation sites is 3. The SMILES string of the molecule is [2H]c1c([2H])c([2H])c2c(c1[2H])c1c([2H])c(-c3ccccc3)c([2H])c([2H])c1n2-c1ccc2c(c1)Sc1cc(C(C)(C)C)cc3c1B2c1ccc(-n2c4c([2H])c([2H])c([2H])c([2H])c4c4c([2H])c(-c5ccccc5)c([2H])c([2H])c42)cc1N3c1c(-c2cccc(-c3ccccc3)c2)cc(C(C)(C)C)cc1-c1cccc2oc3ccccc3c12. The summed E-state index contributed by atoms with van der Waals surface area (Å²) in [6.07, 6.45) is 0. The molecule has 6 heteroatoms. The van der Waals surface area contributed by atoms with Crippen LogP contribution >= 0.6 is 11.8 Å². The van der Waals surface area contributed by atoms with E-state index < -0.39 is 41.7 Å². The van der Waals surface area contributed by atoms with E-state index in [4.69, 9.17) is 7.16 Å². The Morgan fingerprint density at radius 1 is 0.367 bits per heavy atom. The van der Waals surface area contributed by atoms with Gasteiger partial charge in [0.15, 0.2) is 0 Å². The van der Waals surface area contributed by atoms with Crippen LogP contribution in [-0.4, -0.2) is 15.8 Å². The summed E-state index contributed by atoms with van der Waals surface area (Å²) >= 11 is 1.56. The Labute approximate surface area is 595 Å². The second-order valence-electron chi connectivity index (χ2n) is 27.7. The predicted molar refractivity (Wildman–Crippen MR) is 417 cm³/mol. The van der Waals surface area contributed by atoms with Gasteiger partial charge >= 0.3 is 0 Å². The first kappa shape index (κ1) is 45.2. The van der Waals surface area contributed by atoms with Crippen molar-refractivity contribution in [2.24, 2.45) is 0 Å². The molecule has 0 saturated carbocycles. The lowest BCUT2D eigenvalue weighted by molar-refractivity contribution is 0.589. The predicted octanol–water partition coefficient (Wildman–Crippen LogP) is 23.5. The third-order valence-electron chi connectivity index (χ3n) is 19.7. The van der Waals surface area contributed by atoms with Gasteiger partial charge in [0.2, 0.25) is 6.71 Å². The lowest BCUT2D eigenvalue weighted by Crippen LogP contribution is -2.60. The van der Waals surface area contributed by atoms with Crippen LogP contribution in [0.15, 0.2) is 317 Å². The van der Waals surface area contributed by atoms with Gasteiger partial charge in [0.05, 0.1) is 46.9 Å². The van der Waals surface area contributed by atoms with Crippen molar-refractivity contribution in [3.63, 3.8) is 0 Å². The second-order valence-corrected chi connectivity index (χ2v) is 28.8. The number of aromatic nitrogens is 2. The molecule has 0 amide bonds. The largest absolute Gasteiger partial charge is 0.456 e. The molecule has 3 aromatic heterocycles. The van der Waals surface area contributed by atoms with Crippen LogP contribution in [0, 0.1) is 0 Å². The minimum atomic E-state index is -0.598. The summed E-state index contributed by atoms with van der Waals surface area (Å²) in [5.41, 5.74) is 15.4. The molecule has 0 unspecified atom stereocenters. The molecule has 0 radical (unpaired) electrons. The fourth-order valence-corrected chi connectivity index (χ4v) is 16.2. The summed E-state index contributed by atoms with van der Waals surface area (Å²) in [5, 5.41) is 2.15. The number of hydrogen-bond acceptors (Lipinski definition) is 3. The van der Waals surface area contributed by atoms with Crippen LogP contribution in [0.25, 0.3) is 133 Å². The standard InChI is InChI=1S/C92H68BN3OS/c1-91(2,3)64-51-72(63-31-22-30-60(48-63)57-24-10-7-11-25-57)90(75(52-64)70-35-23-39-85-88(70)71-34-18-21-38-84(71)97-85)96-82-55-66(94-78-36-19-16-32-68(78)73-49-61(40-46-80(73)94)58-26-12-8-13-27-58)42-44-76(82)93-77-45-43-67(56-86(77)98-87-54-65(92(4,5)6)53-83(96)89(87)93)95-79-37-20-17-33-69(79)74-50-62(41-47-81(74)95)59-28-14-9-15-29-59/h7-56H,1-6H3/i16D,17D,19D,20D,32D,33D,36D,37D,40D,41D,46D,47D,49D,50D. The quantitative estimate of drug-likeness (QED) is 0.142. The molecule has 14 aromatic carbocycles. The van der Waals surface area contributed by atoms with Crippen LogP contribution in [0.1, 0.15) is 71.9 Å². The highest BCUT2D eigenvalue weighted by atomic mass is 32.2. The van der Waals surface area contributed by atoms with E-state index in [1.807, 2.05) is 91.0 Å². The molecule has 4 nitrogen and oxygen atoms in total. The van der Waals surface area contributed by atoms with Crippen molar-refractivity contribution in [2.45, 2.75) is 62.2 Å². The van der Waals surface area contributed by atoms with E-state index in [1.54, 1.807) is 69.4 Å². The minimum absolute atomic E-state index is 0.0313. The molecule has 19 rings (SSSR count). The fraction of sp³-hybridized carbons (Fsp3) is 0.0870. The molecule has 0 N–H and O–H groups in total. The highest BCUT2D eigenvalue weighted by Crippen LogP contribution is 2.54. The van der Waals surface area contributed by atoms with Crippen molar-refractivity contribution in [3.05, 3.63) is 314 Å². The molecule has 2 aliphatic heterocycles. The summed E-state index contributed by atoms with van der Waals surface area (Å²) in [5.74, 6) is 0. The van der Waals surface area contributed by atoms with Crippen LogP contribution in [-0.2, 0) is 10.8 Å². The van der Waals surface area contributed by atoms with Crippen LogP contribution in [0.5, 0.6) is 0 Å². The molecule has 0 aliphatic carbocycles. The molecule has 466 valence electrons. The van der Waals surface area contributed by atoms with Gasteiger partial charge in [-0.25, -0.2) is 0 Å². The van der Waals surface area contributed by atoms with Gasteiger partial charge in [0.25, 0.3) is 0 Å². The molecule has 0 bridgehead atoms. The van der Waals surface area contributed by atoms with Crippen molar-refractivity contribution in [1.29, 1.82) is 0 Å². The van der Waals surface area contributed by atoms with E-state index in [1.165, 1.54) is 0 Å². The number of hydrogen-bond donors (Lipinski definition) is 0. The summed E-state index contributed by atoms with van der Waals surface area (Å²) in [6.45, 7) is 12.6. The average molecular weight is 1290 g/mol. The number of furan rings is 1. The highest BCUT2D eigenvalue weighted by molar-refractivity contribution is 8.00. The zero-order valence-electron chi connectivity index (χ0n) is 68.5. The van der Waals surface area contributed by atoms with Gasteiger partial charge in [-0.3, -0.25) is 0 Å². The molecule has 0 atom stereocenters. The third kappa shape index (κ3) is 9.22. The molecule has 0 spiro atoms. The molecular weight excluding hydrogens is 1210 g/mol. The van der Waals surface area contributed by atoms with Crippen LogP contribution in [0.4, 0.5) is 17.1 Å². The van der Waals surface area contributed by atoms with Gasteiger partial charge in [-0.2, -0.15) is 0 Å². The second kappa shape index (κ2) is 22.1. The van der Waals surface area contributed by atoms with Gasteiger partial charge in [0.1, 0.15) is 11.2 Å². The van der Waals surface area contributed by atoms with Crippen molar-refractivity contribution in [2.75, 3.05) is 4.90 Å². The van der Waals surface area contributed by atoms with E-state index in [-0.39, 0.29) is 115 Å². The molecule has 0 fully saturated rings. The van der Waals surface area contributed by atoms with Crippen molar-refractivity contribution in [1.82, 2.24) is 9.13 Å². The molecule has 17 aromatic rings. The van der Waals surface area contributed by atoms with Gasteiger partial charge in [-0.05, 0) is 180 Å². The Hall–Kier alpha value is -11.3. The average Bonchev–Trinajstić information content (AvgIpc) is 0.906. The lowest BCUT2D eigenvalue weighted by atomic mass is 9.34. The van der Waals surface area contributed by atoms with Crippen LogP contribution in [0.2, 0.25) is 0 Å². The van der Waals surface area contributed by atoms with Gasteiger partial charge in [-0.1, -0.05) is 259 Å². The first-order valence-corrected chi connectivity index (χ1v) is 33.9. The maximum absolute atomic E-state index is 10.2. The van der Waals surface area contributed by atoms with E-state index in [0.717, 1.165) is 98.4 Å². The Kier molecular flexibility index (Phi) is 10.2. The molecule has 5 heterocycles. The normalized spacial score (nSPS) is 14.9. The minimum Gasteiger partial charge on any atom is -0.456 e. The van der Waals surface area contributed by atoms with Crippen molar-refractivity contribution in [3.8, 4) is 67.0 Å². The van der Waals surface area contributed by atoms with E-state index in [0.29, 0.717) is 33.8 Å². The fourth-order valence-electron chi connectivity index (χ4n) is 14.9. The zero-order valence-corrected chi connectivity index (χ0v) is 55.3. The maximum atomic E-state index is 10.2. The summed E-state index contributed by atoms with van der Waals surface area (Å²) in [7, 11) is 0. The van der Waals surface area contributed by atoms with Gasteiger partial charge in [-0.15, -0.1) is 0 Å². The monoisotopic (exact) mass is 1290 g/mol. The van der Waals surface area contributed by atoms with Crippen molar-refractivity contribution < 1.29 is 23.6 Å². The summed E-state index contributed by atoms with van der Waals surface area (Å²) < 4.78 is 146. The number of benzene rings is 14. The molecular formula is C92H68BN3OS. The highest BCUT2D eigenvalue weighted by Gasteiger charge is 2.44. The summed E-state index contributed by atoms with van der Waals surface area (Å²) in [6, 6.07) is 67.5. The Bertz CT molecular complexity index is 7000. The maximum Gasteiger partial charge on any atom is 0.249 e. The lowest BCUT2D eigenvalue weighted by Gasteiger charge is -2.43.